The van der Waals surface area contributed by atoms with E-state index < -0.39 is 84.0 Å². The van der Waals surface area contributed by atoms with Gasteiger partial charge in [-0.1, -0.05) is 109 Å². The van der Waals surface area contributed by atoms with Gasteiger partial charge in [-0.15, -0.1) is 0 Å². The van der Waals surface area contributed by atoms with Crippen molar-refractivity contribution in [1.29, 1.82) is 0 Å². The highest BCUT2D eigenvalue weighted by molar-refractivity contribution is 7.91. The number of halogens is 6. The van der Waals surface area contributed by atoms with Gasteiger partial charge < -0.3 is 28.6 Å². The standard InChI is InChI=1S/C20H23F2N3O.C19H23FN2O2S.3C18H22FN3O2S/c21-15-3-1-2-14-17-11-24-12-25(17)16(19(14)15)6-9-20(22)7-4-13(5-8-20)10-18(23)26;1-25(23,24)14-6-9-19(20,10-7-14)11-8-17-15-4-2-3-5-16(15)18-12-21-13-22(17)18;3*19-18(8-5-13(6-9-18)25(20,23)24)10-7-16-14-3-1-2-4-15(14)17-11-21-12-22(16)17/h1-3,11-13,16H,4-10H2,(H2,23,26);2-5,12-14,17H,6-11H2,1H3;3*1-4,11-13,16H,5-10H2,(H2,20,23,24). The normalized spacial score (nSPS) is 28.3. The molecule has 10 aliphatic rings. The van der Waals surface area contributed by atoms with Crippen molar-refractivity contribution in [2.45, 2.75) is 279 Å². The average molecular weight is 1810 g/mol. The molecule has 10 aromatic rings. The van der Waals surface area contributed by atoms with E-state index in [0.29, 0.717) is 166 Å². The summed E-state index contributed by atoms with van der Waals surface area (Å²) in [5.41, 5.74) is 15.1. The van der Waals surface area contributed by atoms with Crippen molar-refractivity contribution in [3.05, 3.63) is 212 Å². The molecule has 20 rings (SSSR count). The molecule has 33 heteroatoms. The number of alkyl halides is 5. The van der Waals surface area contributed by atoms with Gasteiger partial charge in [0.15, 0.2) is 0 Å². The first-order chi connectivity index (χ1) is 60.0. The number of aromatic nitrogens is 10. The van der Waals surface area contributed by atoms with Gasteiger partial charge in [0.2, 0.25) is 36.0 Å². The molecule has 5 atom stereocenters. The summed E-state index contributed by atoms with van der Waals surface area (Å²) in [6.45, 7) is 0. The highest BCUT2D eigenvalue weighted by Gasteiger charge is 2.47. The largest absolute Gasteiger partial charge is 0.370 e. The van der Waals surface area contributed by atoms with Crippen LogP contribution in [-0.4, -0.2) is 143 Å². The van der Waals surface area contributed by atoms with Gasteiger partial charge in [0.1, 0.15) is 44.0 Å². The number of hydrogen-bond donors (Lipinski definition) is 4. The van der Waals surface area contributed by atoms with Crippen molar-refractivity contribution in [1.82, 2.24) is 47.8 Å². The molecule has 0 bridgehead atoms. The highest BCUT2D eigenvalue weighted by Crippen LogP contribution is 2.53. The maximum absolute atomic E-state index is 15.3. The summed E-state index contributed by atoms with van der Waals surface area (Å²) in [4.78, 5) is 32.2. The lowest BCUT2D eigenvalue weighted by Crippen LogP contribution is -2.38. The quantitative estimate of drug-likeness (QED) is 0.0486. The zero-order valence-electron chi connectivity index (χ0n) is 70.8. The zero-order valence-corrected chi connectivity index (χ0v) is 74.1. The van der Waals surface area contributed by atoms with Crippen LogP contribution in [0.25, 0.3) is 56.3 Å². The molecule has 5 aromatic heterocycles. The summed E-state index contributed by atoms with van der Waals surface area (Å²) < 4.78 is 193. The topological polar surface area (TPSA) is 347 Å². The third kappa shape index (κ3) is 19.4. The minimum Gasteiger partial charge on any atom is -0.370 e. The number of sulfone groups is 1. The van der Waals surface area contributed by atoms with Crippen molar-refractivity contribution in [2.24, 2.45) is 27.1 Å². The average Bonchev–Trinajstić information content (AvgIpc) is 2.23. The molecule has 5 aliphatic carbocycles. The third-order valence-corrected chi connectivity index (χ3v) is 35.1. The summed E-state index contributed by atoms with van der Waals surface area (Å²) >= 11 is 0. The Labute approximate surface area is 733 Å². The van der Waals surface area contributed by atoms with Crippen LogP contribution in [0.15, 0.2) is 178 Å². The lowest BCUT2D eigenvalue weighted by molar-refractivity contribution is -0.119. The van der Waals surface area contributed by atoms with Gasteiger partial charge in [-0.2, -0.15) is 0 Å². The van der Waals surface area contributed by atoms with E-state index in [9.17, 15) is 42.9 Å². The van der Waals surface area contributed by atoms with Crippen molar-refractivity contribution >= 4 is 45.8 Å². The second-order valence-electron chi connectivity index (χ2n) is 37.0. The molecule has 5 fully saturated rings. The number of nitrogens with zero attached hydrogens (tertiary/aromatic N) is 10. The lowest BCUT2D eigenvalue weighted by Gasteiger charge is -2.34. The van der Waals surface area contributed by atoms with Gasteiger partial charge in [-0.25, -0.2) is 100 Å². The van der Waals surface area contributed by atoms with E-state index in [1.807, 2.05) is 109 Å². The van der Waals surface area contributed by atoms with Gasteiger partial charge >= 0.3 is 0 Å². The number of benzene rings is 5. The summed E-state index contributed by atoms with van der Waals surface area (Å²) in [6, 6.07) is 38.0. The number of fused-ring (bicyclic) bond motifs is 15. The van der Waals surface area contributed by atoms with E-state index in [1.165, 1.54) is 40.1 Å². The molecule has 5 unspecified atom stereocenters. The number of carbonyl (C=O) groups is 1. The van der Waals surface area contributed by atoms with Crippen LogP contribution in [0.5, 0.6) is 0 Å². The van der Waals surface area contributed by atoms with Gasteiger partial charge in [-0.3, -0.25) is 4.79 Å². The Hall–Kier alpha value is -9.12. The fraction of sp³-hybridized carbons (Fsp3) is 0.505. The van der Waals surface area contributed by atoms with E-state index in [2.05, 4.69) is 91.7 Å². The van der Waals surface area contributed by atoms with Gasteiger partial charge in [-0.05, 0) is 227 Å². The van der Waals surface area contributed by atoms with E-state index in [-0.39, 0.29) is 91.6 Å². The van der Waals surface area contributed by atoms with Crippen LogP contribution in [-0.2, 0) is 44.7 Å². The summed E-state index contributed by atoms with van der Waals surface area (Å²) in [6.07, 6.45) is 32.3. The summed E-state index contributed by atoms with van der Waals surface area (Å²) in [7, 11) is -13.7. The number of amides is 1. The van der Waals surface area contributed by atoms with E-state index in [1.54, 1.807) is 18.6 Å². The van der Waals surface area contributed by atoms with Gasteiger partial charge in [0.25, 0.3) is 0 Å². The lowest BCUT2D eigenvalue weighted by atomic mass is 9.76. The highest BCUT2D eigenvalue weighted by atomic mass is 32.2. The molecule has 674 valence electrons. The molecule has 0 radical (unpaired) electrons. The number of carbonyl (C=O) groups excluding carboxylic acids is 1. The van der Waals surface area contributed by atoms with E-state index in [0.717, 1.165) is 50.7 Å². The first-order valence-corrected chi connectivity index (χ1v) is 51.0. The van der Waals surface area contributed by atoms with E-state index >= 15 is 22.0 Å². The van der Waals surface area contributed by atoms with Crippen LogP contribution in [0.3, 0.4) is 0 Å². The van der Waals surface area contributed by atoms with Crippen LogP contribution in [0.4, 0.5) is 26.3 Å². The first-order valence-electron chi connectivity index (χ1n) is 44.2. The van der Waals surface area contributed by atoms with Crippen LogP contribution < -0.4 is 21.2 Å². The van der Waals surface area contributed by atoms with Crippen LogP contribution in [0.1, 0.15) is 257 Å². The number of imidazole rings is 5. The number of primary sulfonamides is 3. The Morgan fingerprint density at radius 1 is 0.349 bits per heavy atom. The van der Waals surface area contributed by atoms with Crippen molar-refractivity contribution < 1.29 is 64.8 Å². The summed E-state index contributed by atoms with van der Waals surface area (Å²) in [5, 5.41) is 13.5. The monoisotopic (exact) mass is 1810 g/mol. The molecule has 8 N–H and O–H groups in total. The molecule has 1 amide bonds. The Kier molecular flexibility index (Phi) is 25.8. The number of primary amides is 1. The number of rotatable bonds is 21. The molecule has 23 nitrogen and oxygen atoms in total. The van der Waals surface area contributed by atoms with Crippen molar-refractivity contribution in [3.63, 3.8) is 0 Å². The maximum atomic E-state index is 15.3. The van der Waals surface area contributed by atoms with Crippen molar-refractivity contribution in [3.8, 4) is 56.3 Å². The van der Waals surface area contributed by atoms with Gasteiger partial charge in [0, 0.05) is 46.1 Å². The predicted octanol–water partition coefficient (Wildman–Crippen LogP) is 17.6. The molecular weight excluding hydrogens is 1700 g/mol. The predicted molar refractivity (Wildman–Crippen MR) is 473 cm³/mol. The SMILES string of the molecule is CS(=O)(=O)C1CCC(F)(CCC2c3ccccc3-c3cncn32)CC1.NC(=O)CC1CCC(F)(CCC2c3c(F)cccc3-c3cncn32)CC1.NS(=O)(=O)C1CCC(F)(CCC2c3ccccc3-c3cncn32)CC1.NS(=O)(=O)C1CCC(F)(CCC2c3ccccc3-c3cncn32)CC1.NS(=O)(=O)C1CCC(F)(CCC2c3ccccc3-c3cncn32)CC1. The molecule has 5 saturated carbocycles. The maximum Gasteiger partial charge on any atom is 0.217 e. The number of hydrogen-bond acceptors (Lipinski definition) is 14. The number of sulfonamides is 3. The van der Waals surface area contributed by atoms with Crippen LogP contribution in [0, 0.1) is 11.7 Å². The van der Waals surface area contributed by atoms with E-state index in [4.69, 9.17) is 21.2 Å². The zero-order chi connectivity index (χ0) is 88.9. The Morgan fingerprint density at radius 3 is 0.857 bits per heavy atom. The molecule has 5 aliphatic heterocycles. The van der Waals surface area contributed by atoms with Crippen LogP contribution >= 0.6 is 0 Å². The van der Waals surface area contributed by atoms with Crippen molar-refractivity contribution in [2.75, 3.05) is 6.26 Å². The van der Waals surface area contributed by atoms with Crippen LogP contribution in [0.2, 0.25) is 0 Å². The molecule has 5 aromatic carbocycles. The second kappa shape index (κ2) is 36.1. The number of nitrogens with two attached hydrogens (primary N) is 4. The minimum atomic E-state index is -3.56. The molecule has 126 heavy (non-hydrogen) atoms. The Morgan fingerprint density at radius 2 is 0.587 bits per heavy atom. The first kappa shape index (κ1) is 90.2. The molecule has 0 saturated heterocycles. The second-order valence-corrected chi connectivity index (χ2v) is 44.9. The molecule has 10 heterocycles. The Bertz CT molecular complexity index is 5470. The summed E-state index contributed by atoms with van der Waals surface area (Å²) in [5.74, 6) is -0.359. The van der Waals surface area contributed by atoms with Gasteiger partial charge in [0.05, 0.1) is 142 Å². The third-order valence-electron chi connectivity index (χ3n) is 29.2. The molecular formula is C93H112F6N14O9S4. The minimum absolute atomic E-state index is 0.0947. The molecule has 0 spiro atoms. The fourth-order valence-corrected chi connectivity index (χ4v) is 25.7. The fourth-order valence-electron chi connectivity index (χ4n) is 21.9. The smallest absolute Gasteiger partial charge is 0.217 e. The Balaban J connectivity index is 0.000000116.